The number of fused-ring (bicyclic) bond motifs is 1. The van der Waals surface area contributed by atoms with Gasteiger partial charge < -0.3 is 5.32 Å². The number of carbonyl (C=O) groups is 1. The van der Waals surface area contributed by atoms with Gasteiger partial charge in [0, 0.05) is 4.47 Å². The average Bonchev–Trinajstić information content (AvgIpc) is 2.97. The monoisotopic (exact) mass is 315 g/mol. The van der Waals surface area contributed by atoms with Crippen LogP contribution in [0.25, 0.3) is 0 Å². The normalized spacial score (nSPS) is 23.7. The number of anilines is 1. The summed E-state index contributed by atoms with van der Waals surface area (Å²) in [4.78, 5) is 12.2. The lowest BCUT2D eigenvalue weighted by Crippen LogP contribution is -2.27. The zero-order valence-corrected chi connectivity index (χ0v) is 11.3. The SMILES string of the molecule is O=C1Nc2cccc(Br)c2S(=O)(=O)CC12CC2. The minimum atomic E-state index is -3.42. The van der Waals surface area contributed by atoms with Crippen LogP contribution < -0.4 is 5.32 Å². The van der Waals surface area contributed by atoms with Crippen LogP contribution in [0.3, 0.4) is 0 Å². The average molecular weight is 316 g/mol. The van der Waals surface area contributed by atoms with Crippen LogP contribution in [0, 0.1) is 5.41 Å². The third-order valence-corrected chi connectivity index (χ3v) is 6.25. The van der Waals surface area contributed by atoms with Crippen molar-refractivity contribution in [2.75, 3.05) is 11.1 Å². The Morgan fingerprint density at radius 1 is 1.29 bits per heavy atom. The third kappa shape index (κ3) is 1.62. The van der Waals surface area contributed by atoms with E-state index < -0.39 is 15.3 Å². The number of hydrogen-bond acceptors (Lipinski definition) is 3. The molecule has 1 fully saturated rings. The summed E-state index contributed by atoms with van der Waals surface area (Å²) >= 11 is 3.24. The molecule has 3 rings (SSSR count). The van der Waals surface area contributed by atoms with Crippen LogP contribution in [0.5, 0.6) is 0 Å². The van der Waals surface area contributed by atoms with Crippen molar-refractivity contribution in [3.63, 3.8) is 0 Å². The summed E-state index contributed by atoms with van der Waals surface area (Å²) < 4.78 is 25.1. The van der Waals surface area contributed by atoms with Crippen LogP contribution in [0.4, 0.5) is 5.69 Å². The summed E-state index contributed by atoms with van der Waals surface area (Å²) in [6, 6.07) is 5.01. The summed E-state index contributed by atoms with van der Waals surface area (Å²) in [6.45, 7) is 0. The number of hydrogen-bond donors (Lipinski definition) is 1. The first-order valence-corrected chi connectivity index (χ1v) is 7.72. The maximum absolute atomic E-state index is 12.3. The number of halogens is 1. The van der Waals surface area contributed by atoms with Crippen molar-refractivity contribution in [2.45, 2.75) is 17.7 Å². The molecular weight excluding hydrogens is 306 g/mol. The van der Waals surface area contributed by atoms with E-state index in [0.717, 1.165) is 0 Å². The fourth-order valence-electron chi connectivity index (χ4n) is 2.20. The van der Waals surface area contributed by atoms with Crippen molar-refractivity contribution in [1.29, 1.82) is 0 Å². The predicted molar refractivity (Wildman–Crippen MR) is 66.5 cm³/mol. The molecule has 4 nitrogen and oxygen atoms in total. The molecule has 17 heavy (non-hydrogen) atoms. The fourth-order valence-corrected chi connectivity index (χ4v) is 5.42. The standard InChI is InChI=1S/C11H10BrNO3S/c12-7-2-1-3-8-9(7)17(15,16)6-11(4-5-11)10(14)13-8/h1-3H,4-6H2,(H,13,14). The van der Waals surface area contributed by atoms with Crippen LogP contribution >= 0.6 is 15.9 Å². The van der Waals surface area contributed by atoms with Crippen LogP contribution in [-0.4, -0.2) is 20.1 Å². The fraction of sp³-hybridized carbons (Fsp3) is 0.364. The van der Waals surface area contributed by atoms with E-state index in [1.165, 1.54) is 0 Å². The van der Waals surface area contributed by atoms with Gasteiger partial charge in [0.05, 0.1) is 16.9 Å². The first-order chi connectivity index (χ1) is 7.95. The Hall–Kier alpha value is -0.880. The first-order valence-electron chi connectivity index (χ1n) is 5.27. The predicted octanol–water partition coefficient (Wildman–Crippen LogP) is 1.96. The van der Waals surface area contributed by atoms with Crippen molar-refractivity contribution in [3.05, 3.63) is 22.7 Å². The molecule has 1 heterocycles. The lowest BCUT2D eigenvalue weighted by atomic mass is 10.1. The highest BCUT2D eigenvalue weighted by Gasteiger charge is 2.55. The third-order valence-electron chi connectivity index (χ3n) is 3.33. The Balaban J connectivity index is 2.25. The van der Waals surface area contributed by atoms with Gasteiger partial charge in [-0.1, -0.05) is 6.07 Å². The smallest absolute Gasteiger partial charge is 0.231 e. The molecule has 1 aliphatic heterocycles. The van der Waals surface area contributed by atoms with Gasteiger partial charge in [-0.25, -0.2) is 8.42 Å². The van der Waals surface area contributed by atoms with Gasteiger partial charge in [-0.15, -0.1) is 0 Å². The largest absolute Gasteiger partial charge is 0.324 e. The lowest BCUT2D eigenvalue weighted by Gasteiger charge is -2.08. The summed E-state index contributed by atoms with van der Waals surface area (Å²) in [5, 5.41) is 2.72. The highest BCUT2D eigenvalue weighted by Crippen LogP contribution is 2.51. The van der Waals surface area contributed by atoms with Gasteiger partial charge in [-0.2, -0.15) is 0 Å². The maximum atomic E-state index is 12.3. The quantitative estimate of drug-likeness (QED) is 0.796. The maximum Gasteiger partial charge on any atom is 0.231 e. The van der Waals surface area contributed by atoms with E-state index in [4.69, 9.17) is 0 Å². The summed E-state index contributed by atoms with van der Waals surface area (Å²) in [6.07, 6.45) is 1.31. The molecule has 1 aliphatic carbocycles. The molecule has 0 radical (unpaired) electrons. The minimum Gasteiger partial charge on any atom is -0.324 e. The molecule has 0 bridgehead atoms. The molecule has 1 aromatic rings. The number of rotatable bonds is 0. The zero-order valence-electron chi connectivity index (χ0n) is 8.86. The molecule has 1 amide bonds. The van der Waals surface area contributed by atoms with E-state index in [0.29, 0.717) is 23.0 Å². The molecule has 1 spiro atoms. The van der Waals surface area contributed by atoms with Crippen molar-refractivity contribution in [2.24, 2.45) is 5.41 Å². The number of amides is 1. The Morgan fingerprint density at radius 3 is 2.65 bits per heavy atom. The molecule has 1 N–H and O–H groups in total. The van der Waals surface area contributed by atoms with Crippen LogP contribution in [0.15, 0.2) is 27.6 Å². The van der Waals surface area contributed by atoms with Gasteiger partial charge in [-0.3, -0.25) is 4.79 Å². The highest BCUT2D eigenvalue weighted by atomic mass is 79.9. The van der Waals surface area contributed by atoms with Gasteiger partial charge in [-0.05, 0) is 40.9 Å². The van der Waals surface area contributed by atoms with Gasteiger partial charge in [0.15, 0.2) is 9.84 Å². The Morgan fingerprint density at radius 2 is 2.00 bits per heavy atom. The van der Waals surface area contributed by atoms with Crippen molar-refractivity contribution >= 4 is 37.4 Å². The number of sulfone groups is 1. The van der Waals surface area contributed by atoms with Gasteiger partial charge in [0.1, 0.15) is 4.90 Å². The van der Waals surface area contributed by atoms with Gasteiger partial charge >= 0.3 is 0 Å². The number of carbonyl (C=O) groups excluding carboxylic acids is 1. The zero-order chi connectivity index (χ0) is 12.3. The summed E-state index contributed by atoms with van der Waals surface area (Å²) in [5.74, 6) is -0.250. The molecule has 0 atom stereocenters. The molecule has 0 saturated heterocycles. The summed E-state index contributed by atoms with van der Waals surface area (Å²) in [5.41, 5.74) is -0.301. The van der Waals surface area contributed by atoms with E-state index in [1.54, 1.807) is 18.2 Å². The molecule has 1 saturated carbocycles. The Bertz CT molecular complexity index is 620. The second kappa shape index (κ2) is 3.32. The van der Waals surface area contributed by atoms with Crippen molar-refractivity contribution in [1.82, 2.24) is 0 Å². The van der Waals surface area contributed by atoms with Crippen LogP contribution in [0.1, 0.15) is 12.8 Å². The van der Waals surface area contributed by atoms with Crippen molar-refractivity contribution in [3.8, 4) is 0 Å². The second-order valence-corrected chi connectivity index (χ2v) is 7.39. The second-order valence-electron chi connectivity index (χ2n) is 4.61. The topological polar surface area (TPSA) is 63.2 Å². The van der Waals surface area contributed by atoms with Gasteiger partial charge in [0.25, 0.3) is 0 Å². The van der Waals surface area contributed by atoms with E-state index in [1.807, 2.05) is 0 Å². The van der Waals surface area contributed by atoms with E-state index in [2.05, 4.69) is 21.2 Å². The highest BCUT2D eigenvalue weighted by molar-refractivity contribution is 9.10. The Labute approximate surface area is 107 Å². The molecule has 0 aromatic heterocycles. The van der Waals surface area contributed by atoms with Crippen LogP contribution in [-0.2, 0) is 14.6 Å². The molecule has 6 heteroatoms. The molecule has 2 aliphatic rings. The van der Waals surface area contributed by atoms with E-state index in [-0.39, 0.29) is 16.6 Å². The Kier molecular flexibility index (Phi) is 2.19. The van der Waals surface area contributed by atoms with Crippen LogP contribution in [0.2, 0.25) is 0 Å². The van der Waals surface area contributed by atoms with Gasteiger partial charge in [0.2, 0.25) is 5.91 Å². The number of benzene rings is 1. The lowest BCUT2D eigenvalue weighted by molar-refractivity contribution is -0.120. The summed E-state index contributed by atoms with van der Waals surface area (Å²) in [7, 11) is -3.42. The number of nitrogens with one attached hydrogen (secondary N) is 1. The van der Waals surface area contributed by atoms with E-state index >= 15 is 0 Å². The molecule has 1 aromatic carbocycles. The van der Waals surface area contributed by atoms with E-state index in [9.17, 15) is 13.2 Å². The molecular formula is C11H10BrNO3S. The minimum absolute atomic E-state index is 0.0819. The molecule has 0 unspecified atom stereocenters. The van der Waals surface area contributed by atoms with Crippen molar-refractivity contribution < 1.29 is 13.2 Å². The first kappa shape index (κ1) is 11.2. The molecule has 90 valence electrons.